The van der Waals surface area contributed by atoms with Crippen molar-refractivity contribution in [1.82, 2.24) is 15.5 Å². The van der Waals surface area contributed by atoms with Crippen LogP contribution in [-0.2, 0) is 20.7 Å². The molecule has 2 N–H and O–H groups in total. The summed E-state index contributed by atoms with van der Waals surface area (Å²) in [6, 6.07) is 6.88. The zero-order chi connectivity index (χ0) is 24.4. The van der Waals surface area contributed by atoms with Crippen molar-refractivity contribution in [2.45, 2.75) is 97.4 Å². The Hall–Kier alpha value is -2.57. The molecule has 1 aromatic carbocycles. The molecule has 3 amide bonds. The van der Waals surface area contributed by atoms with E-state index >= 15 is 0 Å². The van der Waals surface area contributed by atoms with Gasteiger partial charge in [-0.05, 0) is 69.4 Å². The second kappa shape index (κ2) is 9.74. The first-order valence-electron chi connectivity index (χ1n) is 12.0. The molecule has 33 heavy (non-hydrogen) atoms. The van der Waals surface area contributed by atoms with Crippen LogP contribution in [0, 0.1) is 5.41 Å². The van der Waals surface area contributed by atoms with E-state index in [-0.39, 0.29) is 17.9 Å². The fraction of sp³-hybridized carbons (Fsp3) is 0.654. The largest absolute Gasteiger partial charge is 0.444 e. The summed E-state index contributed by atoms with van der Waals surface area (Å²) in [7, 11) is 0. The van der Waals surface area contributed by atoms with Crippen molar-refractivity contribution in [3.8, 4) is 0 Å². The molecule has 1 fully saturated rings. The molecule has 0 unspecified atom stereocenters. The minimum atomic E-state index is -0.795. The van der Waals surface area contributed by atoms with E-state index in [2.05, 4.69) is 22.8 Å². The number of nitrogens with zero attached hydrogens (tertiary/aromatic N) is 1. The molecule has 3 atom stereocenters. The van der Waals surface area contributed by atoms with Crippen LogP contribution >= 0.6 is 0 Å². The molecule has 0 saturated carbocycles. The number of carbonyl (C=O) groups is 3. The van der Waals surface area contributed by atoms with Crippen LogP contribution in [0.4, 0.5) is 4.79 Å². The van der Waals surface area contributed by atoms with Gasteiger partial charge in [0.2, 0.25) is 11.8 Å². The van der Waals surface area contributed by atoms with E-state index in [9.17, 15) is 14.4 Å². The fourth-order valence-electron chi connectivity index (χ4n) is 4.71. The molecule has 1 aliphatic carbocycles. The monoisotopic (exact) mass is 457 g/mol. The van der Waals surface area contributed by atoms with Crippen molar-refractivity contribution >= 4 is 17.9 Å². The van der Waals surface area contributed by atoms with Gasteiger partial charge in [0.1, 0.15) is 17.7 Å². The SMILES string of the molecule is CC(C)(C)OC(=O)N[C@@H](C(=O)N1CCC[C@@H]1C(=O)N[C@@H]1CCCc2ccccc21)C(C)(C)C. The van der Waals surface area contributed by atoms with Gasteiger partial charge < -0.3 is 20.3 Å². The highest BCUT2D eigenvalue weighted by Gasteiger charge is 2.42. The van der Waals surface area contributed by atoms with Crippen LogP contribution in [0.15, 0.2) is 24.3 Å². The number of amides is 3. The molecule has 0 bridgehead atoms. The second-order valence-corrected chi connectivity index (χ2v) is 11.3. The van der Waals surface area contributed by atoms with E-state index in [4.69, 9.17) is 4.74 Å². The van der Waals surface area contributed by atoms with Crippen LogP contribution in [0.2, 0.25) is 0 Å². The Morgan fingerprint density at radius 2 is 1.73 bits per heavy atom. The number of fused-ring (bicyclic) bond motifs is 1. The highest BCUT2D eigenvalue weighted by Crippen LogP contribution is 2.31. The average molecular weight is 458 g/mol. The van der Waals surface area contributed by atoms with Gasteiger partial charge in [-0.25, -0.2) is 4.79 Å². The van der Waals surface area contributed by atoms with E-state index in [1.54, 1.807) is 25.7 Å². The predicted octanol–water partition coefficient (Wildman–Crippen LogP) is 4.11. The molecule has 3 rings (SSSR count). The molecule has 1 aromatic rings. The summed E-state index contributed by atoms with van der Waals surface area (Å²) in [5.74, 6) is -0.359. The zero-order valence-corrected chi connectivity index (χ0v) is 20.9. The quantitative estimate of drug-likeness (QED) is 0.712. The van der Waals surface area contributed by atoms with Gasteiger partial charge in [0.15, 0.2) is 0 Å². The van der Waals surface area contributed by atoms with Gasteiger partial charge in [-0.3, -0.25) is 9.59 Å². The Morgan fingerprint density at radius 3 is 2.39 bits per heavy atom. The van der Waals surface area contributed by atoms with Gasteiger partial charge in [0.25, 0.3) is 0 Å². The number of rotatable bonds is 4. The number of carbonyl (C=O) groups excluding carboxylic acids is 3. The smallest absolute Gasteiger partial charge is 0.408 e. The summed E-state index contributed by atoms with van der Waals surface area (Å²) < 4.78 is 5.38. The lowest BCUT2D eigenvalue weighted by atomic mass is 9.85. The van der Waals surface area contributed by atoms with Gasteiger partial charge >= 0.3 is 6.09 Å². The Balaban J connectivity index is 1.73. The van der Waals surface area contributed by atoms with Crippen LogP contribution in [0.25, 0.3) is 0 Å². The fourth-order valence-corrected chi connectivity index (χ4v) is 4.71. The Morgan fingerprint density at radius 1 is 1.03 bits per heavy atom. The highest BCUT2D eigenvalue weighted by atomic mass is 16.6. The third-order valence-electron chi connectivity index (χ3n) is 6.30. The van der Waals surface area contributed by atoms with Crippen molar-refractivity contribution in [3.05, 3.63) is 35.4 Å². The van der Waals surface area contributed by atoms with E-state index < -0.39 is 29.2 Å². The first-order chi connectivity index (χ1) is 15.4. The van der Waals surface area contributed by atoms with Crippen LogP contribution in [-0.4, -0.2) is 47.0 Å². The van der Waals surface area contributed by atoms with Crippen molar-refractivity contribution in [1.29, 1.82) is 0 Å². The maximum Gasteiger partial charge on any atom is 0.408 e. The van der Waals surface area contributed by atoms with Gasteiger partial charge in [-0.15, -0.1) is 0 Å². The van der Waals surface area contributed by atoms with E-state index in [0.29, 0.717) is 13.0 Å². The number of alkyl carbamates (subject to hydrolysis) is 1. The molecule has 0 aromatic heterocycles. The number of benzene rings is 1. The standard InChI is InChI=1S/C26H39N3O4/c1-25(2,3)21(28-24(32)33-26(4,5)6)23(31)29-16-10-15-20(29)22(30)27-19-14-9-12-17-11-7-8-13-18(17)19/h7-8,11,13,19-21H,9-10,12,14-16H2,1-6H3,(H,27,30)(H,28,32)/t19-,20-,21+/m1/s1. The lowest BCUT2D eigenvalue weighted by molar-refractivity contribution is -0.142. The molecule has 1 heterocycles. The highest BCUT2D eigenvalue weighted by molar-refractivity contribution is 5.92. The first kappa shape index (κ1) is 25.1. The predicted molar refractivity (Wildman–Crippen MR) is 128 cm³/mol. The van der Waals surface area contributed by atoms with Crippen LogP contribution in [0.5, 0.6) is 0 Å². The molecule has 182 valence electrons. The molecule has 7 heteroatoms. The Labute approximate surface area is 197 Å². The topological polar surface area (TPSA) is 87.7 Å². The third kappa shape index (κ3) is 6.27. The van der Waals surface area contributed by atoms with Crippen molar-refractivity contribution < 1.29 is 19.1 Å². The normalized spacial score (nSPS) is 21.7. The van der Waals surface area contributed by atoms with E-state index in [1.165, 1.54) is 11.1 Å². The average Bonchev–Trinajstić information content (AvgIpc) is 3.20. The zero-order valence-electron chi connectivity index (χ0n) is 20.9. The summed E-state index contributed by atoms with van der Waals surface area (Å²) in [6.07, 6.45) is 3.70. The van der Waals surface area contributed by atoms with Gasteiger partial charge in [0.05, 0.1) is 6.04 Å². The number of ether oxygens (including phenoxy) is 1. The van der Waals surface area contributed by atoms with Crippen molar-refractivity contribution in [2.24, 2.45) is 5.41 Å². The second-order valence-electron chi connectivity index (χ2n) is 11.3. The summed E-state index contributed by atoms with van der Waals surface area (Å²) in [4.78, 5) is 41.0. The van der Waals surface area contributed by atoms with Crippen LogP contribution in [0.1, 0.15) is 84.4 Å². The summed E-state index contributed by atoms with van der Waals surface area (Å²) in [5, 5.41) is 5.97. The Bertz CT molecular complexity index is 884. The lowest BCUT2D eigenvalue weighted by Crippen LogP contribution is -2.58. The number of hydrogen-bond donors (Lipinski definition) is 2. The lowest BCUT2D eigenvalue weighted by Gasteiger charge is -2.36. The van der Waals surface area contributed by atoms with Crippen LogP contribution < -0.4 is 10.6 Å². The van der Waals surface area contributed by atoms with E-state index in [0.717, 1.165) is 25.7 Å². The molecule has 1 saturated heterocycles. The third-order valence-corrected chi connectivity index (χ3v) is 6.30. The number of likely N-dealkylation sites (tertiary alicyclic amines) is 1. The maximum absolute atomic E-state index is 13.6. The summed E-state index contributed by atoms with van der Waals surface area (Å²) in [6.45, 7) is 11.5. The minimum absolute atomic E-state index is 0.0293. The van der Waals surface area contributed by atoms with E-state index in [1.807, 2.05) is 32.9 Å². The number of hydrogen-bond acceptors (Lipinski definition) is 4. The molecule has 1 aliphatic heterocycles. The Kier molecular flexibility index (Phi) is 7.39. The van der Waals surface area contributed by atoms with Gasteiger partial charge in [-0.1, -0.05) is 45.0 Å². The molecule has 7 nitrogen and oxygen atoms in total. The summed E-state index contributed by atoms with van der Waals surface area (Å²) >= 11 is 0. The van der Waals surface area contributed by atoms with Gasteiger partial charge in [0, 0.05) is 6.54 Å². The van der Waals surface area contributed by atoms with Crippen LogP contribution in [0.3, 0.4) is 0 Å². The van der Waals surface area contributed by atoms with Gasteiger partial charge in [-0.2, -0.15) is 0 Å². The number of nitrogens with one attached hydrogen (secondary N) is 2. The molecule has 2 aliphatic rings. The molecule has 0 radical (unpaired) electrons. The maximum atomic E-state index is 13.6. The first-order valence-corrected chi connectivity index (χ1v) is 12.0. The molecular formula is C26H39N3O4. The molecular weight excluding hydrogens is 418 g/mol. The van der Waals surface area contributed by atoms with Crippen molar-refractivity contribution in [3.63, 3.8) is 0 Å². The minimum Gasteiger partial charge on any atom is -0.444 e. The number of aryl methyl sites for hydroxylation is 1. The summed E-state index contributed by atoms with van der Waals surface area (Å²) in [5.41, 5.74) is 1.25. The molecule has 0 spiro atoms. The van der Waals surface area contributed by atoms with Crippen molar-refractivity contribution in [2.75, 3.05) is 6.54 Å².